The number of pyridine rings is 1. The number of methoxy groups -OCH3 is 1. The second kappa shape index (κ2) is 9.65. The Morgan fingerprint density at radius 2 is 1.94 bits per heavy atom. The van der Waals surface area contributed by atoms with Crippen LogP contribution in [0, 0.1) is 0 Å². The zero-order valence-corrected chi connectivity index (χ0v) is 18.6. The van der Waals surface area contributed by atoms with Crippen LogP contribution in [0.1, 0.15) is 12.5 Å². The van der Waals surface area contributed by atoms with Crippen LogP contribution in [-0.2, 0) is 11.2 Å². The molecule has 1 N–H and O–H groups in total. The molecule has 162 valence electrons. The van der Waals surface area contributed by atoms with Gasteiger partial charge in [-0.3, -0.25) is 14.2 Å². The number of aryl methyl sites for hydroxylation is 1. The number of carbonyl (C=O) groups is 1. The maximum atomic E-state index is 13.3. The number of ether oxygens (including phenoxy) is 1. The van der Waals surface area contributed by atoms with Crippen molar-refractivity contribution >= 4 is 34.4 Å². The van der Waals surface area contributed by atoms with Crippen LogP contribution in [-0.4, -0.2) is 33.3 Å². The third-order valence-electron chi connectivity index (χ3n) is 4.90. The topological polar surface area (TPSA) is 86.1 Å². The summed E-state index contributed by atoms with van der Waals surface area (Å²) >= 11 is 1.18. The zero-order valence-electron chi connectivity index (χ0n) is 17.7. The van der Waals surface area contributed by atoms with Crippen LogP contribution >= 0.6 is 11.8 Å². The number of anilines is 1. The molecule has 0 aliphatic heterocycles. The molecule has 0 aliphatic carbocycles. The highest BCUT2D eigenvalue weighted by Gasteiger charge is 2.16. The van der Waals surface area contributed by atoms with E-state index in [2.05, 4.69) is 22.2 Å². The minimum Gasteiger partial charge on any atom is -0.497 e. The standard InChI is InChI=1S/C24H22N4O3S/c1-3-16-9-11-17(12-10-16)26-21(29)15-32-24-27-22-20(8-5-13-25-22)23(30)28(24)18-6-4-7-19(14-18)31-2/h4-14H,3,15H2,1-2H3,(H,26,29). The molecular weight excluding hydrogens is 424 g/mol. The Balaban J connectivity index is 1.64. The lowest BCUT2D eigenvalue weighted by Gasteiger charge is -2.13. The van der Waals surface area contributed by atoms with Gasteiger partial charge in [0.25, 0.3) is 5.56 Å². The van der Waals surface area contributed by atoms with E-state index in [1.165, 1.54) is 21.9 Å². The highest BCUT2D eigenvalue weighted by Crippen LogP contribution is 2.23. The maximum Gasteiger partial charge on any atom is 0.268 e. The van der Waals surface area contributed by atoms with Gasteiger partial charge in [-0.1, -0.05) is 36.9 Å². The van der Waals surface area contributed by atoms with Gasteiger partial charge in [0.15, 0.2) is 10.8 Å². The number of benzene rings is 2. The molecule has 0 radical (unpaired) electrons. The Kier molecular flexibility index (Phi) is 6.51. The minimum absolute atomic E-state index is 0.0876. The first-order valence-electron chi connectivity index (χ1n) is 10.1. The van der Waals surface area contributed by atoms with Gasteiger partial charge in [0.05, 0.1) is 23.9 Å². The number of carbonyl (C=O) groups excluding carboxylic acids is 1. The van der Waals surface area contributed by atoms with Crippen molar-refractivity contribution in [3.63, 3.8) is 0 Å². The highest BCUT2D eigenvalue weighted by atomic mass is 32.2. The van der Waals surface area contributed by atoms with E-state index in [0.29, 0.717) is 27.6 Å². The van der Waals surface area contributed by atoms with E-state index in [1.54, 1.807) is 49.7 Å². The molecule has 0 unspecified atom stereocenters. The Bertz CT molecular complexity index is 1320. The Morgan fingerprint density at radius 1 is 1.12 bits per heavy atom. The van der Waals surface area contributed by atoms with Gasteiger partial charge < -0.3 is 10.1 Å². The average molecular weight is 447 g/mol. The summed E-state index contributed by atoms with van der Waals surface area (Å²) in [5, 5.41) is 3.67. The number of rotatable bonds is 7. The molecule has 7 nitrogen and oxygen atoms in total. The second-order valence-corrected chi connectivity index (χ2v) is 7.94. The van der Waals surface area contributed by atoms with Crippen LogP contribution in [0.5, 0.6) is 5.75 Å². The number of nitrogens with zero attached hydrogens (tertiary/aromatic N) is 3. The molecule has 0 saturated heterocycles. The first-order chi connectivity index (χ1) is 15.6. The predicted molar refractivity (Wildman–Crippen MR) is 127 cm³/mol. The quantitative estimate of drug-likeness (QED) is 0.340. The van der Waals surface area contributed by atoms with Crippen molar-refractivity contribution in [3.8, 4) is 11.4 Å². The summed E-state index contributed by atoms with van der Waals surface area (Å²) in [6.07, 6.45) is 2.53. The van der Waals surface area contributed by atoms with E-state index < -0.39 is 0 Å². The van der Waals surface area contributed by atoms with Crippen LogP contribution in [0.3, 0.4) is 0 Å². The number of amides is 1. The molecule has 0 fully saturated rings. The summed E-state index contributed by atoms with van der Waals surface area (Å²) in [4.78, 5) is 34.6. The molecule has 8 heteroatoms. The van der Waals surface area contributed by atoms with E-state index >= 15 is 0 Å². The average Bonchev–Trinajstić information content (AvgIpc) is 2.83. The Hall–Kier alpha value is -3.65. The second-order valence-electron chi connectivity index (χ2n) is 7.00. The molecular formula is C24H22N4O3S. The van der Waals surface area contributed by atoms with E-state index in [9.17, 15) is 9.59 Å². The molecule has 2 aromatic carbocycles. The number of hydrogen-bond acceptors (Lipinski definition) is 6. The third kappa shape index (κ3) is 4.65. The van der Waals surface area contributed by atoms with Crippen LogP contribution < -0.4 is 15.6 Å². The summed E-state index contributed by atoms with van der Waals surface area (Å²) in [5.41, 5.74) is 2.62. The SMILES string of the molecule is CCc1ccc(NC(=O)CSc2nc3ncccc3c(=O)n2-c2cccc(OC)c2)cc1. The van der Waals surface area contributed by atoms with Crippen molar-refractivity contribution in [2.75, 3.05) is 18.2 Å². The molecule has 0 atom stereocenters. The lowest BCUT2D eigenvalue weighted by atomic mass is 10.1. The largest absolute Gasteiger partial charge is 0.497 e. The molecule has 0 aliphatic rings. The molecule has 32 heavy (non-hydrogen) atoms. The molecule has 4 aromatic rings. The Morgan fingerprint density at radius 3 is 2.69 bits per heavy atom. The lowest BCUT2D eigenvalue weighted by molar-refractivity contribution is -0.113. The van der Waals surface area contributed by atoms with Gasteiger partial charge in [-0.05, 0) is 48.4 Å². The normalized spacial score (nSPS) is 10.8. The molecule has 0 bridgehead atoms. The molecule has 4 rings (SSSR count). The summed E-state index contributed by atoms with van der Waals surface area (Å²) in [5.74, 6) is 0.515. The van der Waals surface area contributed by atoms with Gasteiger partial charge in [-0.25, -0.2) is 9.97 Å². The van der Waals surface area contributed by atoms with Crippen molar-refractivity contribution in [1.29, 1.82) is 0 Å². The summed E-state index contributed by atoms with van der Waals surface area (Å²) in [6.45, 7) is 2.08. The van der Waals surface area contributed by atoms with Gasteiger partial charge in [0.1, 0.15) is 5.75 Å². The summed E-state index contributed by atoms with van der Waals surface area (Å²) in [7, 11) is 1.57. The van der Waals surface area contributed by atoms with Crippen LogP contribution in [0.2, 0.25) is 0 Å². The predicted octanol–water partition coefficient (Wildman–Crippen LogP) is 4.08. The van der Waals surface area contributed by atoms with Crippen molar-refractivity contribution in [1.82, 2.24) is 14.5 Å². The first-order valence-corrected chi connectivity index (χ1v) is 11.1. The number of fused-ring (bicyclic) bond motifs is 1. The van der Waals surface area contributed by atoms with Crippen molar-refractivity contribution in [2.24, 2.45) is 0 Å². The van der Waals surface area contributed by atoms with Gasteiger partial charge >= 0.3 is 0 Å². The van der Waals surface area contributed by atoms with Crippen molar-refractivity contribution in [3.05, 3.63) is 82.8 Å². The fraction of sp³-hybridized carbons (Fsp3) is 0.167. The van der Waals surface area contributed by atoms with Gasteiger partial charge in [0, 0.05) is 18.0 Å². The number of aromatic nitrogens is 3. The fourth-order valence-electron chi connectivity index (χ4n) is 3.23. The summed E-state index contributed by atoms with van der Waals surface area (Å²) < 4.78 is 6.79. The van der Waals surface area contributed by atoms with E-state index in [1.807, 2.05) is 24.3 Å². The molecule has 2 heterocycles. The summed E-state index contributed by atoms with van der Waals surface area (Å²) in [6, 6.07) is 18.3. The fourth-order valence-corrected chi connectivity index (χ4v) is 4.03. The van der Waals surface area contributed by atoms with Gasteiger partial charge in [-0.15, -0.1) is 0 Å². The van der Waals surface area contributed by atoms with Gasteiger partial charge in [0.2, 0.25) is 5.91 Å². The van der Waals surface area contributed by atoms with Crippen LogP contribution in [0.4, 0.5) is 5.69 Å². The van der Waals surface area contributed by atoms with Gasteiger partial charge in [-0.2, -0.15) is 0 Å². The van der Waals surface area contributed by atoms with Crippen molar-refractivity contribution in [2.45, 2.75) is 18.5 Å². The molecule has 0 spiro atoms. The van der Waals surface area contributed by atoms with Crippen LogP contribution in [0.25, 0.3) is 16.7 Å². The monoisotopic (exact) mass is 446 g/mol. The molecule has 0 saturated carbocycles. The highest BCUT2D eigenvalue weighted by molar-refractivity contribution is 7.99. The van der Waals surface area contributed by atoms with Crippen LogP contribution in [0.15, 0.2) is 76.8 Å². The minimum atomic E-state index is -0.255. The number of hydrogen-bond donors (Lipinski definition) is 1. The smallest absolute Gasteiger partial charge is 0.268 e. The Labute approximate surface area is 189 Å². The van der Waals surface area contributed by atoms with E-state index in [0.717, 1.165) is 12.1 Å². The van der Waals surface area contributed by atoms with E-state index in [4.69, 9.17) is 4.74 Å². The number of nitrogens with one attached hydrogen (secondary N) is 1. The molecule has 2 aromatic heterocycles. The third-order valence-corrected chi connectivity index (χ3v) is 5.84. The zero-order chi connectivity index (χ0) is 22.5. The van der Waals surface area contributed by atoms with E-state index in [-0.39, 0.29) is 17.2 Å². The molecule has 1 amide bonds. The first kappa shape index (κ1) is 21.6. The lowest BCUT2D eigenvalue weighted by Crippen LogP contribution is -2.23. The van der Waals surface area contributed by atoms with Crippen molar-refractivity contribution < 1.29 is 9.53 Å². The number of thioether (sulfide) groups is 1. The maximum absolute atomic E-state index is 13.3.